The Balaban J connectivity index is 1.41. The van der Waals surface area contributed by atoms with Crippen molar-refractivity contribution in [2.75, 3.05) is 31.5 Å². The number of anilines is 1. The summed E-state index contributed by atoms with van der Waals surface area (Å²) in [6.45, 7) is 8.80. The highest BCUT2D eigenvalue weighted by atomic mass is 32.2. The van der Waals surface area contributed by atoms with Crippen LogP contribution in [0.5, 0.6) is 0 Å². The number of fused-ring (bicyclic) bond motifs is 1. The molecule has 1 N–H and O–H groups in total. The maximum atomic E-state index is 11.5. The van der Waals surface area contributed by atoms with E-state index in [1.165, 1.54) is 49.1 Å². The predicted octanol–water partition coefficient (Wildman–Crippen LogP) is 5.00. The molecule has 5 heteroatoms. The Kier molecular flexibility index (Phi) is 6.24. The quantitative estimate of drug-likeness (QED) is 0.736. The van der Waals surface area contributed by atoms with Crippen LogP contribution in [0, 0.1) is 5.92 Å². The van der Waals surface area contributed by atoms with E-state index in [9.17, 15) is 4.79 Å². The molecule has 2 fully saturated rings. The summed E-state index contributed by atoms with van der Waals surface area (Å²) in [4.78, 5) is 15.5. The molecular formula is C23H31N3OS. The lowest BCUT2D eigenvalue weighted by molar-refractivity contribution is -0.114. The average Bonchev–Trinajstić information content (AvgIpc) is 2.71. The fraction of sp³-hybridized carbons (Fsp3) is 0.522. The molecule has 0 unspecified atom stereocenters. The van der Waals surface area contributed by atoms with E-state index in [2.05, 4.69) is 45.7 Å². The second kappa shape index (κ2) is 8.85. The van der Waals surface area contributed by atoms with Gasteiger partial charge in [-0.15, -0.1) is 0 Å². The summed E-state index contributed by atoms with van der Waals surface area (Å²) in [5.74, 6) is 0.875. The molecule has 2 heterocycles. The van der Waals surface area contributed by atoms with E-state index >= 15 is 0 Å². The molecule has 28 heavy (non-hydrogen) atoms. The van der Waals surface area contributed by atoms with E-state index in [0.717, 1.165) is 36.1 Å². The minimum Gasteiger partial charge on any atom is -0.326 e. The molecule has 0 spiro atoms. The van der Waals surface area contributed by atoms with Crippen molar-refractivity contribution in [2.45, 2.75) is 50.5 Å². The molecule has 2 saturated heterocycles. The Labute approximate surface area is 172 Å². The average molecular weight is 398 g/mol. The number of carbonyl (C=O) groups is 1. The molecule has 2 aromatic rings. The van der Waals surface area contributed by atoms with Crippen LogP contribution in [0.3, 0.4) is 0 Å². The minimum absolute atomic E-state index is 0.0280. The van der Waals surface area contributed by atoms with Crippen molar-refractivity contribution in [1.82, 2.24) is 9.21 Å². The summed E-state index contributed by atoms with van der Waals surface area (Å²) in [6.07, 6.45) is 5.26. The van der Waals surface area contributed by atoms with Crippen molar-refractivity contribution >= 4 is 34.3 Å². The summed E-state index contributed by atoms with van der Waals surface area (Å²) in [7, 11) is 0. The van der Waals surface area contributed by atoms with Crippen LogP contribution in [-0.4, -0.2) is 47.3 Å². The molecule has 0 bridgehead atoms. The van der Waals surface area contributed by atoms with Crippen molar-refractivity contribution < 1.29 is 4.79 Å². The van der Waals surface area contributed by atoms with Crippen LogP contribution in [-0.2, 0) is 4.79 Å². The molecule has 1 amide bonds. The molecule has 0 saturated carbocycles. The zero-order valence-corrected chi connectivity index (χ0v) is 17.8. The Bertz CT molecular complexity index is 824. The number of hydrogen-bond acceptors (Lipinski definition) is 4. The van der Waals surface area contributed by atoms with E-state index in [0.29, 0.717) is 0 Å². The Hall–Kier alpha value is -1.56. The number of benzene rings is 2. The lowest BCUT2D eigenvalue weighted by atomic mass is 9.95. The van der Waals surface area contributed by atoms with Gasteiger partial charge in [0.2, 0.25) is 5.91 Å². The molecule has 4 rings (SSSR count). The summed E-state index contributed by atoms with van der Waals surface area (Å²) in [5.41, 5.74) is 0.894. The van der Waals surface area contributed by atoms with Gasteiger partial charge in [-0.2, -0.15) is 0 Å². The van der Waals surface area contributed by atoms with Crippen LogP contribution in [0.15, 0.2) is 41.3 Å². The fourth-order valence-electron chi connectivity index (χ4n) is 4.48. The van der Waals surface area contributed by atoms with Gasteiger partial charge in [-0.05, 0) is 74.2 Å². The highest BCUT2D eigenvalue weighted by Gasteiger charge is 2.27. The number of nitrogens with zero attached hydrogens (tertiary/aromatic N) is 2. The third kappa shape index (κ3) is 4.53. The van der Waals surface area contributed by atoms with Crippen LogP contribution in [0.2, 0.25) is 0 Å². The maximum Gasteiger partial charge on any atom is 0.221 e. The summed E-state index contributed by atoms with van der Waals surface area (Å²) < 4.78 is 2.52. The summed E-state index contributed by atoms with van der Waals surface area (Å²) >= 11 is 1.87. The van der Waals surface area contributed by atoms with Crippen LogP contribution < -0.4 is 5.32 Å². The standard InChI is InChI=1S/C23H31N3OS/c1-17-9-13-25(14-10-17)19-11-15-26(16-12-19)28-23-8-7-22(24-18(2)27)20-5-3-4-6-21(20)23/h3-8,17,19H,9-16H2,1-2H3,(H,24,27). The van der Waals surface area contributed by atoms with Gasteiger partial charge in [0.1, 0.15) is 0 Å². The van der Waals surface area contributed by atoms with Gasteiger partial charge in [0, 0.05) is 42.0 Å². The highest BCUT2D eigenvalue weighted by molar-refractivity contribution is 7.97. The Morgan fingerprint density at radius 3 is 2.32 bits per heavy atom. The van der Waals surface area contributed by atoms with Gasteiger partial charge in [0.25, 0.3) is 0 Å². The number of piperidine rings is 2. The number of carbonyl (C=O) groups excluding carboxylic acids is 1. The molecule has 4 nitrogen and oxygen atoms in total. The monoisotopic (exact) mass is 397 g/mol. The van der Waals surface area contributed by atoms with E-state index in [1.54, 1.807) is 6.92 Å². The number of likely N-dealkylation sites (tertiary alicyclic amines) is 1. The first-order valence-electron chi connectivity index (χ1n) is 10.6. The van der Waals surface area contributed by atoms with E-state index in [1.807, 2.05) is 24.1 Å². The predicted molar refractivity (Wildman–Crippen MR) is 119 cm³/mol. The van der Waals surface area contributed by atoms with Gasteiger partial charge < -0.3 is 10.2 Å². The van der Waals surface area contributed by atoms with E-state index in [4.69, 9.17) is 0 Å². The lowest BCUT2D eigenvalue weighted by Crippen LogP contribution is -2.46. The minimum atomic E-state index is -0.0280. The van der Waals surface area contributed by atoms with Gasteiger partial charge >= 0.3 is 0 Å². The normalized spacial score (nSPS) is 20.5. The maximum absolute atomic E-state index is 11.5. The third-order valence-electron chi connectivity index (χ3n) is 6.18. The molecule has 2 aromatic carbocycles. The molecule has 0 atom stereocenters. The molecular weight excluding hydrogens is 366 g/mol. The van der Waals surface area contributed by atoms with Gasteiger partial charge in [-0.25, -0.2) is 4.31 Å². The number of nitrogens with one attached hydrogen (secondary N) is 1. The second-order valence-corrected chi connectivity index (χ2v) is 9.45. The summed E-state index contributed by atoms with van der Waals surface area (Å²) in [6, 6.07) is 13.3. The first-order chi connectivity index (χ1) is 13.6. The topological polar surface area (TPSA) is 35.6 Å². The first kappa shape index (κ1) is 19.7. The van der Waals surface area contributed by atoms with Gasteiger partial charge in [0.05, 0.1) is 0 Å². The van der Waals surface area contributed by atoms with Crippen LogP contribution >= 0.6 is 11.9 Å². The van der Waals surface area contributed by atoms with Crippen molar-refractivity contribution in [1.29, 1.82) is 0 Å². The van der Waals surface area contributed by atoms with Crippen molar-refractivity contribution in [3.63, 3.8) is 0 Å². The molecule has 0 aliphatic carbocycles. The lowest BCUT2D eigenvalue weighted by Gasteiger charge is -2.41. The van der Waals surface area contributed by atoms with Crippen molar-refractivity contribution in [3.05, 3.63) is 36.4 Å². The number of amides is 1. The largest absolute Gasteiger partial charge is 0.326 e. The van der Waals surface area contributed by atoms with Crippen molar-refractivity contribution in [3.8, 4) is 0 Å². The first-order valence-corrected chi connectivity index (χ1v) is 11.3. The molecule has 2 aliphatic rings. The molecule has 0 radical (unpaired) electrons. The highest BCUT2D eigenvalue weighted by Crippen LogP contribution is 2.36. The van der Waals surface area contributed by atoms with Crippen LogP contribution in [0.25, 0.3) is 10.8 Å². The van der Waals surface area contributed by atoms with Gasteiger partial charge in [-0.3, -0.25) is 4.79 Å². The fourth-order valence-corrected chi connectivity index (χ4v) is 5.56. The summed E-state index contributed by atoms with van der Waals surface area (Å²) in [5, 5.41) is 5.28. The van der Waals surface area contributed by atoms with Gasteiger partial charge in [-0.1, -0.05) is 31.2 Å². The van der Waals surface area contributed by atoms with Crippen LogP contribution in [0.4, 0.5) is 5.69 Å². The second-order valence-electron chi connectivity index (χ2n) is 8.31. The van der Waals surface area contributed by atoms with Crippen LogP contribution in [0.1, 0.15) is 39.5 Å². The van der Waals surface area contributed by atoms with E-state index < -0.39 is 0 Å². The number of rotatable bonds is 4. The van der Waals surface area contributed by atoms with E-state index in [-0.39, 0.29) is 5.91 Å². The van der Waals surface area contributed by atoms with Gasteiger partial charge in [0.15, 0.2) is 0 Å². The van der Waals surface area contributed by atoms with Crippen molar-refractivity contribution in [2.24, 2.45) is 5.92 Å². The Morgan fingerprint density at radius 2 is 1.64 bits per heavy atom. The SMILES string of the molecule is CC(=O)Nc1ccc(SN2CCC(N3CCC(C)CC3)CC2)c2ccccc12. The molecule has 0 aromatic heterocycles. The Morgan fingerprint density at radius 1 is 0.964 bits per heavy atom. The zero-order chi connectivity index (χ0) is 19.5. The third-order valence-corrected chi connectivity index (χ3v) is 7.36. The smallest absolute Gasteiger partial charge is 0.221 e. The molecule has 150 valence electrons. The number of hydrogen-bond donors (Lipinski definition) is 1. The zero-order valence-electron chi connectivity index (χ0n) is 17.0. The molecule has 2 aliphatic heterocycles.